The maximum Gasteiger partial charge on any atom is 0.165 e. The molecule has 0 aromatic heterocycles. The van der Waals surface area contributed by atoms with E-state index in [1.807, 2.05) is 13.2 Å². The molecular formula is C31H43NO4. The zero-order valence-electron chi connectivity index (χ0n) is 22.7. The lowest BCUT2D eigenvalue weighted by Gasteiger charge is -2.75. The van der Waals surface area contributed by atoms with Crippen molar-refractivity contribution in [3.8, 4) is 11.5 Å². The van der Waals surface area contributed by atoms with Crippen molar-refractivity contribution in [2.75, 3.05) is 13.7 Å². The zero-order chi connectivity index (χ0) is 25.1. The minimum Gasteiger partial charge on any atom is -0.504 e. The molecule has 1 aromatic carbocycles. The van der Waals surface area contributed by atoms with Crippen molar-refractivity contribution >= 4 is 0 Å². The Balaban J connectivity index is 1.38. The standard InChI is InChI=1S/C31H43NO4/c1-25(2,3)26(4,34)21-15-27-10-13-31(21,35-5)24-30(27)12-11-29(32-16-18-6-7-18)17-28(27,29)14-19-8-9-20(33)23(36-24)22(19)30/h8-9,18,21,24,32-34H,6-7,10-17H2,1-5H3/t21-,24-,26-,27?,28?,29-,30+,31-/m1/s1. The van der Waals surface area contributed by atoms with Crippen molar-refractivity contribution in [2.24, 2.45) is 28.1 Å². The third kappa shape index (κ3) is 2.08. The number of hydrogen-bond acceptors (Lipinski definition) is 5. The summed E-state index contributed by atoms with van der Waals surface area (Å²) in [5.41, 5.74) is 1.20. The van der Waals surface area contributed by atoms with E-state index in [0.717, 1.165) is 50.3 Å². The number of nitrogens with one attached hydrogen (secondary N) is 1. The lowest BCUT2D eigenvalue weighted by atomic mass is 9.30. The fourth-order valence-corrected chi connectivity index (χ4v) is 11.1. The van der Waals surface area contributed by atoms with Gasteiger partial charge in [0.05, 0.1) is 5.60 Å². The van der Waals surface area contributed by atoms with Gasteiger partial charge in [-0.25, -0.2) is 0 Å². The number of aromatic hydroxyl groups is 1. The van der Waals surface area contributed by atoms with Gasteiger partial charge in [0.1, 0.15) is 11.7 Å². The van der Waals surface area contributed by atoms with Crippen LogP contribution in [-0.4, -0.2) is 46.7 Å². The number of hydrogen-bond donors (Lipinski definition) is 3. The summed E-state index contributed by atoms with van der Waals surface area (Å²) in [6, 6.07) is 4.05. The van der Waals surface area contributed by atoms with Crippen molar-refractivity contribution in [3.63, 3.8) is 0 Å². The van der Waals surface area contributed by atoms with Gasteiger partial charge in [0.2, 0.25) is 0 Å². The molecule has 8 atom stereocenters. The normalized spacial score (nSPS) is 48.6. The molecule has 8 aliphatic rings. The van der Waals surface area contributed by atoms with E-state index in [1.54, 1.807) is 0 Å². The van der Waals surface area contributed by atoms with E-state index in [0.29, 0.717) is 0 Å². The molecule has 2 unspecified atom stereocenters. The fourth-order valence-electron chi connectivity index (χ4n) is 11.1. The Morgan fingerprint density at radius 3 is 2.56 bits per heavy atom. The van der Waals surface area contributed by atoms with Crippen LogP contribution in [0, 0.1) is 28.1 Å². The van der Waals surface area contributed by atoms with E-state index in [9.17, 15) is 10.2 Å². The van der Waals surface area contributed by atoms with Crippen LogP contribution in [0.4, 0.5) is 0 Å². The summed E-state index contributed by atoms with van der Waals surface area (Å²) in [7, 11) is 1.84. The smallest absolute Gasteiger partial charge is 0.165 e. The number of fused-ring (bicyclic) bond motifs is 2. The van der Waals surface area contributed by atoms with Gasteiger partial charge in [0, 0.05) is 35.0 Å². The molecule has 9 rings (SSSR count). The summed E-state index contributed by atoms with van der Waals surface area (Å²) >= 11 is 0. The second kappa shape index (κ2) is 6.13. The summed E-state index contributed by atoms with van der Waals surface area (Å²) in [5.74, 6) is 1.82. The zero-order valence-corrected chi connectivity index (χ0v) is 22.7. The number of benzene rings is 1. The Kier molecular flexibility index (Phi) is 3.86. The van der Waals surface area contributed by atoms with Gasteiger partial charge >= 0.3 is 0 Å². The average Bonchev–Trinajstić information content (AvgIpc) is 3.73. The molecule has 6 saturated carbocycles. The Bertz CT molecular complexity index is 1180. The molecule has 1 heterocycles. The molecule has 36 heavy (non-hydrogen) atoms. The van der Waals surface area contributed by atoms with Gasteiger partial charge in [-0.1, -0.05) is 26.8 Å². The highest BCUT2D eigenvalue weighted by Gasteiger charge is 2.91. The molecule has 5 heteroatoms. The number of methoxy groups -OCH3 is 1. The monoisotopic (exact) mass is 493 g/mol. The molecule has 3 spiro atoms. The van der Waals surface area contributed by atoms with E-state index < -0.39 is 11.2 Å². The third-order valence-corrected chi connectivity index (χ3v) is 13.5. The Morgan fingerprint density at radius 2 is 1.86 bits per heavy atom. The van der Waals surface area contributed by atoms with Crippen molar-refractivity contribution in [3.05, 3.63) is 23.3 Å². The Labute approximate surface area is 215 Å². The van der Waals surface area contributed by atoms with Gasteiger partial charge in [-0.15, -0.1) is 0 Å². The molecular weight excluding hydrogens is 450 g/mol. The number of phenolic OH excluding ortho intramolecular Hbond substituents is 1. The first-order valence-corrected chi connectivity index (χ1v) is 14.5. The van der Waals surface area contributed by atoms with E-state index in [4.69, 9.17) is 9.47 Å². The first-order valence-electron chi connectivity index (χ1n) is 14.5. The van der Waals surface area contributed by atoms with E-state index >= 15 is 0 Å². The van der Waals surface area contributed by atoms with E-state index in [-0.39, 0.29) is 45.0 Å². The van der Waals surface area contributed by atoms with Crippen LogP contribution in [-0.2, 0) is 16.6 Å². The van der Waals surface area contributed by atoms with Crippen LogP contribution in [0.1, 0.15) is 90.2 Å². The van der Waals surface area contributed by atoms with Crippen molar-refractivity contribution in [1.82, 2.24) is 5.32 Å². The number of ether oxygens (including phenoxy) is 2. The maximum atomic E-state index is 12.3. The highest BCUT2D eigenvalue weighted by molar-refractivity contribution is 5.65. The third-order valence-electron chi connectivity index (χ3n) is 13.5. The van der Waals surface area contributed by atoms with Gasteiger partial charge < -0.3 is 25.0 Å². The lowest BCUT2D eigenvalue weighted by Crippen LogP contribution is -2.81. The molecule has 0 amide bonds. The quantitative estimate of drug-likeness (QED) is 0.547. The predicted octanol–water partition coefficient (Wildman–Crippen LogP) is 4.85. The van der Waals surface area contributed by atoms with Crippen LogP contribution in [0.2, 0.25) is 0 Å². The van der Waals surface area contributed by atoms with Crippen molar-refractivity contribution in [1.29, 1.82) is 0 Å². The molecule has 5 nitrogen and oxygen atoms in total. The van der Waals surface area contributed by atoms with Gasteiger partial charge in [-0.2, -0.15) is 0 Å². The lowest BCUT2D eigenvalue weighted by molar-refractivity contribution is -0.314. The van der Waals surface area contributed by atoms with Crippen LogP contribution >= 0.6 is 0 Å². The molecule has 1 aliphatic heterocycles. The predicted molar refractivity (Wildman–Crippen MR) is 137 cm³/mol. The Morgan fingerprint density at radius 1 is 1.08 bits per heavy atom. The molecule has 196 valence electrons. The molecule has 4 bridgehead atoms. The topological polar surface area (TPSA) is 71.0 Å². The average molecular weight is 494 g/mol. The molecule has 6 fully saturated rings. The van der Waals surface area contributed by atoms with Crippen LogP contribution in [0.5, 0.6) is 11.5 Å². The molecule has 0 radical (unpaired) electrons. The van der Waals surface area contributed by atoms with E-state index in [1.165, 1.54) is 36.8 Å². The van der Waals surface area contributed by atoms with Gasteiger partial charge in [0.15, 0.2) is 11.5 Å². The molecule has 1 aromatic rings. The van der Waals surface area contributed by atoms with Crippen molar-refractivity contribution < 1.29 is 19.7 Å². The largest absolute Gasteiger partial charge is 0.504 e. The highest BCUT2D eigenvalue weighted by Crippen LogP contribution is 2.89. The van der Waals surface area contributed by atoms with E-state index in [2.05, 4.69) is 39.1 Å². The highest BCUT2D eigenvalue weighted by atomic mass is 16.6. The second-order valence-corrected chi connectivity index (χ2v) is 15.2. The summed E-state index contributed by atoms with van der Waals surface area (Å²) in [6.45, 7) is 9.70. The van der Waals surface area contributed by atoms with Crippen LogP contribution in [0.15, 0.2) is 12.1 Å². The van der Waals surface area contributed by atoms with Crippen LogP contribution < -0.4 is 10.1 Å². The first kappa shape index (κ1) is 22.7. The van der Waals surface area contributed by atoms with Gasteiger partial charge in [0.25, 0.3) is 0 Å². The fraction of sp³-hybridized carbons (Fsp3) is 0.806. The van der Waals surface area contributed by atoms with Crippen LogP contribution in [0.3, 0.4) is 0 Å². The molecule has 0 saturated heterocycles. The van der Waals surface area contributed by atoms with Gasteiger partial charge in [-0.05, 0) is 99.6 Å². The second-order valence-electron chi connectivity index (χ2n) is 15.2. The summed E-state index contributed by atoms with van der Waals surface area (Å²) < 4.78 is 13.6. The Hall–Kier alpha value is -1.30. The summed E-state index contributed by atoms with van der Waals surface area (Å²) in [4.78, 5) is 0. The number of phenols is 1. The SMILES string of the molecule is CO[C@]12CCC3(C[C@@H]1[C@@](C)(O)C(C)(C)C)C14Cc5ccc(O)c6c5[C@@]3(CC[C@@]1(NCC1CC1)C4)[C@H]2O6. The number of aliphatic hydroxyl groups is 1. The summed E-state index contributed by atoms with van der Waals surface area (Å²) in [5, 5.41) is 27.6. The summed E-state index contributed by atoms with van der Waals surface area (Å²) in [6.07, 6.45) is 10.2. The minimum atomic E-state index is -0.914. The first-order chi connectivity index (χ1) is 16.9. The van der Waals surface area contributed by atoms with Crippen molar-refractivity contribution in [2.45, 2.75) is 114 Å². The van der Waals surface area contributed by atoms with Crippen LogP contribution in [0.25, 0.3) is 0 Å². The molecule has 3 N–H and O–H groups in total. The molecule has 7 aliphatic carbocycles. The number of rotatable bonds is 5. The minimum absolute atomic E-state index is 0.0309. The van der Waals surface area contributed by atoms with Gasteiger partial charge in [-0.3, -0.25) is 0 Å². The maximum absolute atomic E-state index is 12.3.